The maximum Gasteiger partial charge on any atom is 0.119 e. The van der Waals surface area contributed by atoms with Gasteiger partial charge in [-0.15, -0.1) is 0 Å². The summed E-state index contributed by atoms with van der Waals surface area (Å²) in [4.78, 5) is 0. The minimum atomic E-state index is 0.133. The van der Waals surface area contributed by atoms with Gasteiger partial charge in [0.05, 0.1) is 7.11 Å². The second-order valence-corrected chi connectivity index (χ2v) is 5.55. The zero-order chi connectivity index (χ0) is 13.8. The Bertz CT molecular complexity index is 548. The van der Waals surface area contributed by atoms with Crippen LogP contribution < -0.4 is 10.5 Å². The van der Waals surface area contributed by atoms with Gasteiger partial charge in [0.2, 0.25) is 0 Å². The fourth-order valence-corrected chi connectivity index (χ4v) is 2.28. The van der Waals surface area contributed by atoms with Gasteiger partial charge in [0, 0.05) is 6.04 Å². The van der Waals surface area contributed by atoms with Gasteiger partial charge in [-0.3, -0.25) is 0 Å². The third-order valence-corrected chi connectivity index (χ3v) is 3.55. The Morgan fingerprint density at radius 1 is 1.00 bits per heavy atom. The van der Waals surface area contributed by atoms with Crippen molar-refractivity contribution in [2.24, 2.45) is 11.7 Å². The summed E-state index contributed by atoms with van der Waals surface area (Å²) in [6.45, 7) is 4.47. The molecule has 0 amide bonds. The molecule has 0 fully saturated rings. The first kappa shape index (κ1) is 13.9. The highest BCUT2D eigenvalue weighted by Gasteiger charge is 2.08. The van der Waals surface area contributed by atoms with E-state index in [2.05, 4.69) is 44.2 Å². The van der Waals surface area contributed by atoms with E-state index in [-0.39, 0.29) is 6.04 Å². The van der Waals surface area contributed by atoms with E-state index in [0.29, 0.717) is 5.92 Å². The van der Waals surface area contributed by atoms with Gasteiger partial charge in [-0.2, -0.15) is 0 Å². The summed E-state index contributed by atoms with van der Waals surface area (Å²) >= 11 is 0. The van der Waals surface area contributed by atoms with Gasteiger partial charge < -0.3 is 10.5 Å². The van der Waals surface area contributed by atoms with Gasteiger partial charge in [-0.05, 0) is 53.3 Å². The SMILES string of the molecule is COc1ccc2cc(C(N)CCC(C)C)ccc2c1. The number of nitrogens with two attached hydrogens (primary N) is 1. The Morgan fingerprint density at radius 3 is 2.37 bits per heavy atom. The Balaban J connectivity index is 2.21. The first-order valence-corrected chi connectivity index (χ1v) is 6.93. The summed E-state index contributed by atoms with van der Waals surface area (Å²) in [6.07, 6.45) is 2.21. The fourth-order valence-electron chi connectivity index (χ4n) is 2.28. The molecule has 0 bridgehead atoms. The molecule has 2 rings (SSSR count). The zero-order valence-electron chi connectivity index (χ0n) is 12.0. The summed E-state index contributed by atoms with van der Waals surface area (Å²) in [5.41, 5.74) is 7.49. The molecule has 1 atom stereocenters. The molecule has 0 spiro atoms. The minimum absolute atomic E-state index is 0.133. The van der Waals surface area contributed by atoms with E-state index in [1.54, 1.807) is 7.11 Å². The molecule has 0 radical (unpaired) electrons. The summed E-state index contributed by atoms with van der Waals surface area (Å²) in [7, 11) is 1.69. The topological polar surface area (TPSA) is 35.2 Å². The van der Waals surface area contributed by atoms with Crippen LogP contribution in [0.1, 0.15) is 38.3 Å². The summed E-state index contributed by atoms with van der Waals surface area (Å²) in [5, 5.41) is 2.41. The van der Waals surface area contributed by atoms with Crippen molar-refractivity contribution in [1.29, 1.82) is 0 Å². The highest BCUT2D eigenvalue weighted by molar-refractivity contribution is 5.84. The quantitative estimate of drug-likeness (QED) is 0.867. The predicted molar refractivity (Wildman–Crippen MR) is 81.5 cm³/mol. The Hall–Kier alpha value is -1.54. The molecular weight excluding hydrogens is 234 g/mol. The predicted octanol–water partition coefficient (Wildman–Crippen LogP) is 4.28. The molecule has 0 aliphatic carbocycles. The lowest BCUT2D eigenvalue weighted by atomic mass is 9.96. The van der Waals surface area contributed by atoms with E-state index in [9.17, 15) is 0 Å². The van der Waals surface area contributed by atoms with E-state index in [4.69, 9.17) is 10.5 Å². The van der Waals surface area contributed by atoms with Crippen molar-refractivity contribution in [3.05, 3.63) is 42.0 Å². The number of ether oxygens (including phenoxy) is 1. The average molecular weight is 257 g/mol. The van der Waals surface area contributed by atoms with E-state index >= 15 is 0 Å². The number of hydrogen-bond donors (Lipinski definition) is 1. The minimum Gasteiger partial charge on any atom is -0.497 e. The van der Waals surface area contributed by atoms with Gasteiger partial charge in [-0.25, -0.2) is 0 Å². The molecule has 0 saturated heterocycles. The molecule has 1 unspecified atom stereocenters. The van der Waals surface area contributed by atoms with Crippen LogP contribution in [0, 0.1) is 5.92 Å². The molecular formula is C17H23NO. The molecule has 0 aliphatic heterocycles. The maximum absolute atomic E-state index is 6.27. The third kappa shape index (κ3) is 3.48. The lowest BCUT2D eigenvalue weighted by Gasteiger charge is -2.14. The highest BCUT2D eigenvalue weighted by Crippen LogP contribution is 2.25. The molecule has 19 heavy (non-hydrogen) atoms. The highest BCUT2D eigenvalue weighted by atomic mass is 16.5. The molecule has 2 nitrogen and oxygen atoms in total. The molecule has 0 heterocycles. The number of hydrogen-bond acceptors (Lipinski definition) is 2. The van der Waals surface area contributed by atoms with Crippen molar-refractivity contribution in [2.45, 2.75) is 32.7 Å². The molecule has 2 aromatic carbocycles. The van der Waals surface area contributed by atoms with Crippen molar-refractivity contribution < 1.29 is 4.74 Å². The average Bonchev–Trinajstić information content (AvgIpc) is 2.43. The Morgan fingerprint density at radius 2 is 1.68 bits per heavy atom. The largest absolute Gasteiger partial charge is 0.497 e. The van der Waals surface area contributed by atoms with Crippen molar-refractivity contribution in [3.63, 3.8) is 0 Å². The number of rotatable bonds is 5. The first-order valence-electron chi connectivity index (χ1n) is 6.93. The van der Waals surface area contributed by atoms with Crippen molar-refractivity contribution in [1.82, 2.24) is 0 Å². The van der Waals surface area contributed by atoms with E-state index in [1.165, 1.54) is 22.8 Å². The van der Waals surface area contributed by atoms with Crippen molar-refractivity contribution in [3.8, 4) is 5.75 Å². The van der Waals surface area contributed by atoms with Crippen molar-refractivity contribution in [2.75, 3.05) is 7.11 Å². The van der Waals surface area contributed by atoms with Crippen LogP contribution in [-0.4, -0.2) is 7.11 Å². The van der Waals surface area contributed by atoms with E-state index in [0.717, 1.165) is 12.2 Å². The number of fused-ring (bicyclic) bond motifs is 1. The summed E-state index contributed by atoms with van der Waals surface area (Å²) in [6, 6.07) is 12.7. The normalized spacial score (nSPS) is 12.9. The van der Waals surface area contributed by atoms with E-state index < -0.39 is 0 Å². The lowest BCUT2D eigenvalue weighted by molar-refractivity contribution is 0.415. The van der Waals surface area contributed by atoms with Crippen molar-refractivity contribution >= 4 is 10.8 Å². The second-order valence-electron chi connectivity index (χ2n) is 5.55. The molecule has 0 aromatic heterocycles. The Kier molecular flexibility index (Phi) is 4.43. The number of methoxy groups -OCH3 is 1. The first-order chi connectivity index (χ1) is 9.10. The molecule has 102 valence electrons. The van der Waals surface area contributed by atoms with E-state index in [1.807, 2.05) is 6.07 Å². The summed E-state index contributed by atoms with van der Waals surface area (Å²) in [5.74, 6) is 1.60. The van der Waals surface area contributed by atoms with Crippen LogP contribution >= 0.6 is 0 Å². The van der Waals surface area contributed by atoms with Gasteiger partial charge >= 0.3 is 0 Å². The summed E-state index contributed by atoms with van der Waals surface area (Å²) < 4.78 is 5.24. The standard InChI is InChI=1S/C17H23NO/c1-12(2)4-9-17(18)15-6-5-14-11-16(19-3)8-7-13(14)10-15/h5-8,10-12,17H,4,9,18H2,1-3H3. The fraction of sp³-hybridized carbons (Fsp3) is 0.412. The molecule has 0 saturated carbocycles. The smallest absolute Gasteiger partial charge is 0.119 e. The molecule has 2 aromatic rings. The van der Waals surface area contributed by atoms with Gasteiger partial charge in [0.15, 0.2) is 0 Å². The van der Waals surface area contributed by atoms with Crippen LogP contribution in [0.25, 0.3) is 10.8 Å². The third-order valence-electron chi connectivity index (χ3n) is 3.55. The Labute approximate surface area is 115 Å². The van der Waals surface area contributed by atoms with Crippen LogP contribution in [0.2, 0.25) is 0 Å². The van der Waals surface area contributed by atoms with Gasteiger partial charge in [-0.1, -0.05) is 32.0 Å². The molecule has 2 N–H and O–H groups in total. The van der Waals surface area contributed by atoms with Crippen LogP contribution in [-0.2, 0) is 0 Å². The second kappa shape index (κ2) is 6.07. The van der Waals surface area contributed by atoms with Crippen LogP contribution in [0.3, 0.4) is 0 Å². The number of benzene rings is 2. The molecule has 0 aliphatic rings. The lowest BCUT2D eigenvalue weighted by Crippen LogP contribution is -2.11. The maximum atomic E-state index is 6.27. The van der Waals surface area contributed by atoms with Crippen LogP contribution in [0.5, 0.6) is 5.75 Å². The zero-order valence-corrected chi connectivity index (χ0v) is 12.0. The monoisotopic (exact) mass is 257 g/mol. The van der Waals surface area contributed by atoms with Gasteiger partial charge in [0.1, 0.15) is 5.75 Å². The van der Waals surface area contributed by atoms with Crippen LogP contribution in [0.4, 0.5) is 0 Å². The molecule has 2 heteroatoms. The van der Waals surface area contributed by atoms with Crippen LogP contribution in [0.15, 0.2) is 36.4 Å². The van der Waals surface area contributed by atoms with Gasteiger partial charge in [0.25, 0.3) is 0 Å².